The van der Waals surface area contributed by atoms with Gasteiger partial charge in [-0.1, -0.05) is 11.6 Å². The van der Waals surface area contributed by atoms with E-state index in [0.717, 1.165) is 11.3 Å². The molecule has 5 nitrogen and oxygen atoms in total. The quantitative estimate of drug-likeness (QED) is 0.658. The van der Waals surface area contributed by atoms with Crippen LogP contribution in [0, 0.1) is 0 Å². The average molecular weight is 305 g/mol. The summed E-state index contributed by atoms with van der Waals surface area (Å²) < 4.78 is 10.3. The molecule has 0 saturated carbocycles. The van der Waals surface area contributed by atoms with Gasteiger partial charge in [-0.15, -0.1) is 0 Å². The minimum absolute atomic E-state index is 0.211. The number of ether oxygens (including phenoxy) is 1. The van der Waals surface area contributed by atoms with Crippen LogP contribution in [0.25, 0.3) is 0 Å². The number of hydrazone groups is 1. The summed E-state index contributed by atoms with van der Waals surface area (Å²) in [6.45, 7) is 0.413. The lowest BCUT2D eigenvalue weighted by Crippen LogP contribution is -2.16. The fourth-order valence-electron chi connectivity index (χ4n) is 1.46. The Kier molecular flexibility index (Phi) is 5.60. The van der Waals surface area contributed by atoms with E-state index in [9.17, 15) is 4.79 Å². The number of rotatable bonds is 6. The van der Waals surface area contributed by atoms with E-state index in [-0.39, 0.29) is 5.76 Å². The van der Waals surface area contributed by atoms with Crippen LogP contribution in [0.1, 0.15) is 16.1 Å². The van der Waals surface area contributed by atoms with Crippen molar-refractivity contribution in [2.75, 3.05) is 6.61 Å². The van der Waals surface area contributed by atoms with E-state index in [1.807, 2.05) is 12.1 Å². The van der Waals surface area contributed by atoms with Crippen molar-refractivity contribution in [3.8, 4) is 5.75 Å². The summed E-state index contributed by atoms with van der Waals surface area (Å²) in [5.41, 5.74) is 4.61. The summed E-state index contributed by atoms with van der Waals surface area (Å²) in [6, 6.07) is 10.4. The topological polar surface area (TPSA) is 63.8 Å². The van der Waals surface area contributed by atoms with Gasteiger partial charge in [0.2, 0.25) is 0 Å². The molecule has 2 aromatic rings. The van der Waals surface area contributed by atoms with E-state index in [1.54, 1.807) is 30.3 Å². The van der Waals surface area contributed by atoms with Gasteiger partial charge in [0.15, 0.2) is 5.76 Å². The number of nitrogens with one attached hydrogen (secondary N) is 1. The van der Waals surface area contributed by atoms with Gasteiger partial charge in [0.05, 0.1) is 12.5 Å². The first kappa shape index (κ1) is 14.9. The largest absolute Gasteiger partial charge is 0.490 e. The fraction of sp³-hybridized carbons (Fsp3) is 0.0667. The second-order valence-corrected chi connectivity index (χ2v) is 4.17. The first-order chi connectivity index (χ1) is 10.3. The van der Waals surface area contributed by atoms with Gasteiger partial charge >= 0.3 is 5.91 Å². The molecule has 0 bridgehead atoms. The SMILES string of the molecule is O=C(N/N=C\c1ccc(OC/C=C/Cl)cc1)c1ccco1. The molecule has 6 heteroatoms. The van der Waals surface area contributed by atoms with Gasteiger partial charge in [0.1, 0.15) is 12.4 Å². The van der Waals surface area contributed by atoms with Crippen molar-refractivity contribution in [3.63, 3.8) is 0 Å². The highest BCUT2D eigenvalue weighted by Crippen LogP contribution is 2.11. The number of carbonyl (C=O) groups excluding carboxylic acids is 1. The van der Waals surface area contributed by atoms with E-state index in [4.69, 9.17) is 20.8 Å². The maximum atomic E-state index is 11.5. The molecule has 21 heavy (non-hydrogen) atoms. The van der Waals surface area contributed by atoms with Crippen molar-refractivity contribution in [2.45, 2.75) is 0 Å². The Bertz CT molecular complexity index is 619. The molecule has 0 radical (unpaired) electrons. The molecule has 0 saturated heterocycles. The Balaban J connectivity index is 1.85. The molecule has 2 rings (SSSR count). The van der Waals surface area contributed by atoms with Crippen molar-refractivity contribution in [1.82, 2.24) is 5.43 Å². The van der Waals surface area contributed by atoms with E-state index >= 15 is 0 Å². The van der Waals surface area contributed by atoms with Crippen LogP contribution in [0.3, 0.4) is 0 Å². The number of hydrogen-bond acceptors (Lipinski definition) is 4. The fourth-order valence-corrected chi connectivity index (χ4v) is 1.53. The van der Waals surface area contributed by atoms with Gasteiger partial charge < -0.3 is 9.15 Å². The second-order valence-electron chi connectivity index (χ2n) is 3.92. The highest BCUT2D eigenvalue weighted by atomic mass is 35.5. The molecule has 0 aliphatic carbocycles. The van der Waals surface area contributed by atoms with Crippen LogP contribution < -0.4 is 10.2 Å². The molecule has 0 atom stereocenters. The number of benzene rings is 1. The van der Waals surface area contributed by atoms with Crippen molar-refractivity contribution in [2.24, 2.45) is 5.10 Å². The van der Waals surface area contributed by atoms with Crippen LogP contribution in [-0.4, -0.2) is 18.7 Å². The van der Waals surface area contributed by atoms with Gasteiger partial charge in [0, 0.05) is 5.54 Å². The summed E-state index contributed by atoms with van der Waals surface area (Å²) in [5, 5.41) is 3.85. The number of halogens is 1. The number of nitrogens with zero attached hydrogens (tertiary/aromatic N) is 1. The van der Waals surface area contributed by atoms with Gasteiger partial charge in [-0.3, -0.25) is 4.79 Å². The lowest BCUT2D eigenvalue weighted by atomic mass is 10.2. The van der Waals surface area contributed by atoms with Crippen molar-refractivity contribution in [3.05, 3.63) is 65.6 Å². The third kappa shape index (κ3) is 4.81. The van der Waals surface area contributed by atoms with Crippen molar-refractivity contribution in [1.29, 1.82) is 0 Å². The molecule has 0 fully saturated rings. The molecule has 1 N–H and O–H groups in total. The summed E-state index contributed by atoms with van der Waals surface area (Å²) in [5.74, 6) is 0.536. The molecule has 0 aliphatic rings. The zero-order valence-corrected chi connectivity index (χ0v) is 11.8. The maximum absolute atomic E-state index is 11.5. The van der Waals surface area contributed by atoms with Crippen LogP contribution in [0.4, 0.5) is 0 Å². The van der Waals surface area contributed by atoms with Gasteiger partial charge in [-0.25, -0.2) is 5.43 Å². The molecule has 0 aliphatic heterocycles. The first-order valence-electron chi connectivity index (χ1n) is 6.14. The molecular weight excluding hydrogens is 292 g/mol. The van der Waals surface area contributed by atoms with Gasteiger partial charge in [-0.05, 0) is 48.0 Å². The standard InChI is InChI=1S/C15H13ClN2O3/c16-8-2-10-20-13-6-4-12(5-7-13)11-17-18-15(19)14-3-1-9-21-14/h1-9,11H,10H2,(H,18,19)/b8-2+,17-11-. The predicted octanol–water partition coefficient (Wildman–Crippen LogP) is 3.17. The molecular formula is C15H13ClN2O3. The summed E-state index contributed by atoms with van der Waals surface area (Å²) in [4.78, 5) is 11.5. The smallest absolute Gasteiger partial charge is 0.307 e. The predicted molar refractivity (Wildman–Crippen MR) is 80.7 cm³/mol. The molecule has 1 amide bonds. The molecule has 1 aromatic heterocycles. The highest BCUT2D eigenvalue weighted by molar-refractivity contribution is 6.25. The molecule has 0 unspecified atom stereocenters. The Morgan fingerprint density at radius 1 is 1.33 bits per heavy atom. The maximum Gasteiger partial charge on any atom is 0.307 e. The number of furan rings is 1. The third-order valence-corrected chi connectivity index (χ3v) is 2.62. The van der Waals surface area contributed by atoms with Crippen LogP contribution in [0.15, 0.2) is 63.8 Å². The number of carbonyl (C=O) groups is 1. The Morgan fingerprint density at radius 2 is 2.14 bits per heavy atom. The Morgan fingerprint density at radius 3 is 2.81 bits per heavy atom. The van der Waals surface area contributed by atoms with Crippen LogP contribution in [0.5, 0.6) is 5.75 Å². The zero-order chi connectivity index (χ0) is 14.9. The van der Waals surface area contributed by atoms with E-state index in [0.29, 0.717) is 6.61 Å². The molecule has 1 aromatic carbocycles. The van der Waals surface area contributed by atoms with Gasteiger partial charge in [0.25, 0.3) is 0 Å². The van der Waals surface area contributed by atoms with E-state index in [2.05, 4.69) is 10.5 Å². The highest BCUT2D eigenvalue weighted by Gasteiger charge is 2.05. The van der Waals surface area contributed by atoms with Crippen molar-refractivity contribution < 1.29 is 13.9 Å². The summed E-state index contributed by atoms with van der Waals surface area (Å²) in [6.07, 6.45) is 4.65. The lowest BCUT2D eigenvalue weighted by molar-refractivity contribution is 0.0927. The lowest BCUT2D eigenvalue weighted by Gasteiger charge is -2.02. The molecule has 0 spiro atoms. The van der Waals surface area contributed by atoms with Gasteiger partial charge in [-0.2, -0.15) is 5.10 Å². The monoisotopic (exact) mass is 304 g/mol. The summed E-state index contributed by atoms with van der Waals surface area (Å²) in [7, 11) is 0. The van der Waals surface area contributed by atoms with Crippen molar-refractivity contribution >= 4 is 23.7 Å². The summed E-state index contributed by atoms with van der Waals surface area (Å²) >= 11 is 5.39. The number of hydrogen-bond donors (Lipinski definition) is 1. The van der Waals surface area contributed by atoms with Crippen LogP contribution in [-0.2, 0) is 0 Å². The minimum Gasteiger partial charge on any atom is -0.490 e. The van der Waals surface area contributed by atoms with E-state index in [1.165, 1.54) is 18.0 Å². The normalized spacial score (nSPS) is 11.1. The van der Waals surface area contributed by atoms with Crippen LogP contribution >= 0.6 is 11.6 Å². The third-order valence-electron chi connectivity index (χ3n) is 2.44. The Hall–Kier alpha value is -2.53. The van der Waals surface area contributed by atoms with E-state index < -0.39 is 5.91 Å². The Labute approximate surface area is 126 Å². The molecule has 1 heterocycles. The second kappa shape index (κ2) is 7.91. The first-order valence-corrected chi connectivity index (χ1v) is 6.58. The number of amides is 1. The average Bonchev–Trinajstić information content (AvgIpc) is 3.03. The minimum atomic E-state index is -0.399. The van der Waals surface area contributed by atoms with Crippen LogP contribution in [0.2, 0.25) is 0 Å². The zero-order valence-electron chi connectivity index (χ0n) is 11.0. The molecule has 108 valence electrons.